The Hall–Kier alpha value is -3.35. The highest BCUT2D eigenvalue weighted by Crippen LogP contribution is 2.14. The maximum absolute atomic E-state index is 11.9. The summed E-state index contributed by atoms with van der Waals surface area (Å²) in [6.45, 7) is -0.384. The largest absolute Gasteiger partial charge is 0.508 e. The number of hydrogen-bond donors (Lipinski definition) is 2. The molecule has 2 N–H and O–H groups in total. The predicted octanol–water partition coefficient (Wildman–Crippen LogP) is 2.55. The fourth-order valence-electron chi connectivity index (χ4n) is 2.06. The second kappa shape index (κ2) is 9.22. The highest BCUT2D eigenvalue weighted by molar-refractivity contribution is 5.98. The third-order valence-corrected chi connectivity index (χ3v) is 3.48. The van der Waals surface area contributed by atoms with Crippen molar-refractivity contribution in [2.75, 3.05) is 19.0 Å². The van der Waals surface area contributed by atoms with Gasteiger partial charge >= 0.3 is 5.97 Å². The molecule has 2 aromatic rings. The van der Waals surface area contributed by atoms with Gasteiger partial charge in [0, 0.05) is 17.7 Å². The number of ketones is 1. The van der Waals surface area contributed by atoms with Crippen LogP contribution in [-0.2, 0) is 14.3 Å². The minimum Gasteiger partial charge on any atom is -0.508 e. The molecule has 26 heavy (non-hydrogen) atoms. The maximum Gasteiger partial charge on any atom is 0.306 e. The highest BCUT2D eigenvalue weighted by atomic mass is 16.5. The van der Waals surface area contributed by atoms with Crippen LogP contribution in [0.2, 0.25) is 0 Å². The summed E-state index contributed by atoms with van der Waals surface area (Å²) in [5.74, 6) is -0.623. The molecule has 1 amide bonds. The second-order valence-corrected chi connectivity index (χ2v) is 5.41. The van der Waals surface area contributed by atoms with E-state index in [1.54, 1.807) is 36.4 Å². The van der Waals surface area contributed by atoms with Gasteiger partial charge in [-0.2, -0.15) is 0 Å². The van der Waals surface area contributed by atoms with E-state index in [-0.39, 0.29) is 36.9 Å². The minimum absolute atomic E-state index is 0.0730. The first kappa shape index (κ1) is 19.0. The Morgan fingerprint density at radius 3 is 2.23 bits per heavy atom. The molecule has 0 aromatic heterocycles. The number of aromatic hydroxyl groups is 1. The van der Waals surface area contributed by atoms with Gasteiger partial charge in [0.05, 0.1) is 13.5 Å². The zero-order chi connectivity index (χ0) is 18.9. The van der Waals surface area contributed by atoms with Gasteiger partial charge in [0.25, 0.3) is 0 Å². The van der Waals surface area contributed by atoms with Gasteiger partial charge in [0.2, 0.25) is 5.91 Å². The van der Waals surface area contributed by atoms with Crippen molar-refractivity contribution in [3.63, 3.8) is 0 Å². The number of carbonyl (C=O) groups is 3. The van der Waals surface area contributed by atoms with Crippen molar-refractivity contribution >= 4 is 23.3 Å². The number of esters is 1. The molecule has 0 heterocycles. The van der Waals surface area contributed by atoms with Crippen LogP contribution in [0.25, 0.3) is 0 Å². The molecule has 0 saturated carbocycles. The summed E-state index contributed by atoms with van der Waals surface area (Å²) < 4.78 is 9.90. The third kappa shape index (κ3) is 5.94. The molecule has 0 aliphatic carbocycles. The Morgan fingerprint density at radius 2 is 1.62 bits per heavy atom. The summed E-state index contributed by atoms with van der Waals surface area (Å²) in [7, 11) is 1.52. The van der Waals surface area contributed by atoms with Crippen LogP contribution in [0.4, 0.5) is 5.69 Å². The van der Waals surface area contributed by atoms with Crippen molar-refractivity contribution < 1.29 is 29.0 Å². The number of hydrogen-bond acceptors (Lipinski definition) is 6. The Morgan fingerprint density at radius 1 is 0.962 bits per heavy atom. The smallest absolute Gasteiger partial charge is 0.306 e. The van der Waals surface area contributed by atoms with E-state index in [0.29, 0.717) is 17.0 Å². The van der Waals surface area contributed by atoms with Gasteiger partial charge in [0.1, 0.15) is 11.5 Å². The lowest BCUT2D eigenvalue weighted by Gasteiger charge is -2.06. The van der Waals surface area contributed by atoms with Crippen LogP contribution in [0.15, 0.2) is 48.5 Å². The zero-order valence-electron chi connectivity index (χ0n) is 14.2. The lowest BCUT2D eigenvalue weighted by molar-refractivity contribution is -0.143. The van der Waals surface area contributed by atoms with Crippen molar-refractivity contribution in [2.24, 2.45) is 0 Å². The van der Waals surface area contributed by atoms with E-state index in [2.05, 4.69) is 5.32 Å². The molecule has 0 aliphatic heterocycles. The fraction of sp³-hybridized carbons (Fsp3) is 0.211. The SMILES string of the molecule is COc1ccc(C(=O)COC(=O)CCC(=O)Nc2ccc(O)cc2)cc1. The van der Waals surface area contributed by atoms with Crippen molar-refractivity contribution in [3.8, 4) is 11.5 Å². The summed E-state index contributed by atoms with van der Waals surface area (Å²) >= 11 is 0. The number of benzene rings is 2. The number of phenolic OH excluding ortho intramolecular Hbond substituents is 1. The number of rotatable bonds is 8. The van der Waals surface area contributed by atoms with Crippen molar-refractivity contribution in [2.45, 2.75) is 12.8 Å². The summed E-state index contributed by atoms with van der Waals surface area (Å²) in [6.07, 6.45) is -0.212. The molecule has 0 unspecified atom stereocenters. The van der Waals surface area contributed by atoms with E-state index < -0.39 is 5.97 Å². The molecular formula is C19H19NO6. The van der Waals surface area contributed by atoms with E-state index >= 15 is 0 Å². The molecule has 136 valence electrons. The molecule has 2 aromatic carbocycles. The fourth-order valence-corrected chi connectivity index (χ4v) is 2.06. The molecule has 0 fully saturated rings. The number of carbonyl (C=O) groups excluding carboxylic acids is 3. The van der Waals surface area contributed by atoms with E-state index in [1.807, 2.05) is 0 Å². The summed E-state index contributed by atoms with van der Waals surface area (Å²) in [5, 5.41) is 11.8. The number of anilines is 1. The predicted molar refractivity (Wildman–Crippen MR) is 94.3 cm³/mol. The first-order chi connectivity index (χ1) is 12.5. The highest BCUT2D eigenvalue weighted by Gasteiger charge is 2.12. The van der Waals surface area contributed by atoms with E-state index in [1.165, 1.54) is 19.2 Å². The van der Waals surface area contributed by atoms with Gasteiger partial charge in [-0.15, -0.1) is 0 Å². The Kier molecular flexibility index (Phi) is 6.73. The molecule has 7 nitrogen and oxygen atoms in total. The number of Topliss-reactive ketones (excluding diaryl/α,β-unsaturated/α-hetero) is 1. The van der Waals surface area contributed by atoms with Crippen LogP contribution in [-0.4, -0.2) is 36.5 Å². The average molecular weight is 357 g/mol. The quantitative estimate of drug-likeness (QED) is 0.428. The molecule has 0 radical (unpaired) electrons. The van der Waals surface area contributed by atoms with Gasteiger partial charge in [-0.25, -0.2) is 0 Å². The normalized spacial score (nSPS) is 10.0. The van der Waals surface area contributed by atoms with Crippen LogP contribution in [0, 0.1) is 0 Å². The summed E-state index contributed by atoms with van der Waals surface area (Å²) in [4.78, 5) is 35.4. The maximum atomic E-state index is 11.9. The van der Waals surface area contributed by atoms with E-state index in [9.17, 15) is 19.5 Å². The zero-order valence-corrected chi connectivity index (χ0v) is 14.2. The van der Waals surface area contributed by atoms with Gasteiger partial charge in [-0.1, -0.05) is 0 Å². The van der Waals surface area contributed by atoms with Gasteiger partial charge < -0.3 is 19.9 Å². The van der Waals surface area contributed by atoms with Crippen LogP contribution >= 0.6 is 0 Å². The summed E-state index contributed by atoms with van der Waals surface area (Å²) in [6, 6.07) is 12.4. The first-order valence-electron chi connectivity index (χ1n) is 7.89. The van der Waals surface area contributed by atoms with Crippen molar-refractivity contribution in [3.05, 3.63) is 54.1 Å². The Labute approximate surface area is 150 Å². The number of methoxy groups -OCH3 is 1. The van der Waals surface area contributed by atoms with Gasteiger partial charge in [-0.3, -0.25) is 14.4 Å². The lowest BCUT2D eigenvalue weighted by Crippen LogP contribution is -2.17. The Bertz CT molecular complexity index is 768. The topological polar surface area (TPSA) is 102 Å². The number of ether oxygens (including phenoxy) is 2. The van der Waals surface area contributed by atoms with Crippen LogP contribution in [0.3, 0.4) is 0 Å². The Balaban J connectivity index is 1.71. The van der Waals surface area contributed by atoms with Gasteiger partial charge in [-0.05, 0) is 48.5 Å². The average Bonchev–Trinajstić information content (AvgIpc) is 2.66. The van der Waals surface area contributed by atoms with Crippen LogP contribution < -0.4 is 10.1 Å². The van der Waals surface area contributed by atoms with E-state index in [0.717, 1.165) is 0 Å². The summed E-state index contributed by atoms with van der Waals surface area (Å²) in [5.41, 5.74) is 0.916. The molecule has 0 saturated heterocycles. The molecule has 0 atom stereocenters. The number of phenols is 1. The van der Waals surface area contributed by atoms with Crippen LogP contribution in [0.1, 0.15) is 23.2 Å². The third-order valence-electron chi connectivity index (χ3n) is 3.48. The van der Waals surface area contributed by atoms with E-state index in [4.69, 9.17) is 9.47 Å². The minimum atomic E-state index is -0.632. The monoisotopic (exact) mass is 357 g/mol. The molecule has 0 bridgehead atoms. The van der Waals surface area contributed by atoms with Gasteiger partial charge in [0.15, 0.2) is 12.4 Å². The number of nitrogens with one attached hydrogen (secondary N) is 1. The number of amides is 1. The molecular weight excluding hydrogens is 338 g/mol. The standard InChI is InChI=1S/C19H19NO6/c1-25-16-8-2-13(3-9-16)17(22)12-26-19(24)11-10-18(23)20-14-4-6-15(21)7-5-14/h2-9,21H,10-12H2,1H3,(H,20,23). The molecule has 0 aliphatic rings. The molecule has 0 spiro atoms. The molecule has 2 rings (SSSR count). The second-order valence-electron chi connectivity index (χ2n) is 5.41. The van der Waals surface area contributed by atoms with Crippen molar-refractivity contribution in [1.29, 1.82) is 0 Å². The lowest BCUT2D eigenvalue weighted by atomic mass is 10.1. The molecule has 7 heteroatoms. The van der Waals surface area contributed by atoms with Crippen molar-refractivity contribution in [1.82, 2.24) is 0 Å². The first-order valence-corrected chi connectivity index (χ1v) is 7.89. The van der Waals surface area contributed by atoms with Crippen LogP contribution in [0.5, 0.6) is 11.5 Å².